The zero-order valence-corrected chi connectivity index (χ0v) is 7.69. The maximum absolute atomic E-state index is 12.9. The minimum Gasteiger partial charge on any atom is -0.384 e. The summed E-state index contributed by atoms with van der Waals surface area (Å²) >= 11 is 0. The van der Waals surface area contributed by atoms with Crippen LogP contribution in [-0.4, -0.2) is 20.7 Å². The Bertz CT molecular complexity index is 534. The van der Waals surface area contributed by atoms with Crippen molar-refractivity contribution in [2.45, 2.75) is 18.4 Å². The molecule has 0 unspecified atom stereocenters. The summed E-state index contributed by atoms with van der Waals surface area (Å²) in [7, 11) is 0. The highest BCUT2D eigenvalue weighted by Gasteiger charge is 2.59. The minimum atomic E-state index is -2.65. The average molecular weight is 210 g/mol. The first kappa shape index (κ1) is 8.58. The normalized spacial score (nSPS) is 23.2. The Morgan fingerprint density at radius 3 is 2.87 bits per heavy atom. The number of alkyl halides is 2. The molecular formula is C9H8F2N4. The summed E-state index contributed by atoms with van der Waals surface area (Å²) in [4.78, 5) is 4.01. The standard InChI is InChI=1S/C9H8F2N4/c10-9(11)3-6(9)15-8-5(4-13-15)1-2-7(12)14-8/h1-2,4,6H,3H2,(H2,12,14)/t6-/m0/s1. The van der Waals surface area contributed by atoms with Crippen LogP contribution in [0.2, 0.25) is 0 Å². The third-order valence-corrected chi connectivity index (χ3v) is 2.55. The number of rotatable bonds is 1. The molecule has 0 spiro atoms. The van der Waals surface area contributed by atoms with Gasteiger partial charge in [0, 0.05) is 11.8 Å². The Morgan fingerprint density at radius 1 is 1.47 bits per heavy atom. The van der Waals surface area contributed by atoms with E-state index in [1.165, 1.54) is 10.9 Å². The van der Waals surface area contributed by atoms with Gasteiger partial charge in [-0.3, -0.25) is 0 Å². The number of aromatic nitrogens is 3. The van der Waals surface area contributed by atoms with Crippen molar-refractivity contribution in [2.24, 2.45) is 0 Å². The number of halogens is 2. The summed E-state index contributed by atoms with van der Waals surface area (Å²) < 4.78 is 27.0. The average Bonchev–Trinajstić information content (AvgIpc) is 2.64. The van der Waals surface area contributed by atoms with Gasteiger partial charge in [0.1, 0.15) is 11.9 Å². The maximum atomic E-state index is 12.9. The van der Waals surface area contributed by atoms with Crippen LogP contribution in [0.4, 0.5) is 14.6 Å². The Kier molecular flexibility index (Phi) is 1.40. The molecule has 78 valence electrons. The molecule has 0 saturated heterocycles. The lowest BCUT2D eigenvalue weighted by Gasteiger charge is -2.00. The lowest BCUT2D eigenvalue weighted by atomic mass is 10.3. The van der Waals surface area contributed by atoms with E-state index in [1.807, 2.05) is 0 Å². The zero-order valence-electron chi connectivity index (χ0n) is 7.69. The number of nitrogen functional groups attached to an aromatic ring is 1. The van der Waals surface area contributed by atoms with E-state index < -0.39 is 12.0 Å². The van der Waals surface area contributed by atoms with Gasteiger partial charge in [0.2, 0.25) is 0 Å². The van der Waals surface area contributed by atoms with E-state index >= 15 is 0 Å². The van der Waals surface area contributed by atoms with Crippen molar-refractivity contribution in [1.29, 1.82) is 0 Å². The van der Waals surface area contributed by atoms with E-state index in [0.29, 0.717) is 11.5 Å². The molecule has 1 fully saturated rings. The quantitative estimate of drug-likeness (QED) is 0.777. The smallest absolute Gasteiger partial charge is 0.272 e. The Morgan fingerprint density at radius 2 is 2.20 bits per heavy atom. The zero-order chi connectivity index (χ0) is 10.6. The highest BCUT2D eigenvalue weighted by Crippen LogP contribution is 2.52. The van der Waals surface area contributed by atoms with Crippen molar-refractivity contribution < 1.29 is 8.78 Å². The summed E-state index contributed by atoms with van der Waals surface area (Å²) in [6, 6.07) is 2.49. The van der Waals surface area contributed by atoms with Crippen LogP contribution in [-0.2, 0) is 0 Å². The topological polar surface area (TPSA) is 56.7 Å². The fourth-order valence-corrected chi connectivity index (χ4v) is 1.63. The molecule has 0 amide bonds. The maximum Gasteiger partial charge on any atom is 0.272 e. The van der Waals surface area contributed by atoms with Crippen LogP contribution in [0.25, 0.3) is 11.0 Å². The van der Waals surface area contributed by atoms with Crippen molar-refractivity contribution in [3.05, 3.63) is 18.3 Å². The second kappa shape index (κ2) is 2.44. The largest absolute Gasteiger partial charge is 0.384 e. The molecule has 1 aliphatic rings. The molecule has 0 radical (unpaired) electrons. The van der Waals surface area contributed by atoms with Gasteiger partial charge in [-0.05, 0) is 12.1 Å². The molecule has 4 nitrogen and oxygen atoms in total. The van der Waals surface area contributed by atoms with Gasteiger partial charge in [0.05, 0.1) is 6.20 Å². The second-order valence-electron chi connectivity index (χ2n) is 3.72. The van der Waals surface area contributed by atoms with Crippen LogP contribution in [0.1, 0.15) is 12.5 Å². The molecular weight excluding hydrogens is 202 g/mol. The van der Waals surface area contributed by atoms with E-state index in [9.17, 15) is 8.78 Å². The van der Waals surface area contributed by atoms with Crippen LogP contribution in [0.3, 0.4) is 0 Å². The van der Waals surface area contributed by atoms with Crippen molar-refractivity contribution in [2.75, 3.05) is 5.73 Å². The van der Waals surface area contributed by atoms with Crippen molar-refractivity contribution in [3.63, 3.8) is 0 Å². The van der Waals surface area contributed by atoms with E-state index in [4.69, 9.17) is 5.73 Å². The first-order chi connectivity index (χ1) is 7.08. The van der Waals surface area contributed by atoms with Crippen LogP contribution < -0.4 is 5.73 Å². The fourth-order valence-electron chi connectivity index (χ4n) is 1.63. The fraction of sp³-hybridized carbons (Fsp3) is 0.333. The van der Waals surface area contributed by atoms with Crippen molar-refractivity contribution in [3.8, 4) is 0 Å². The molecule has 2 aromatic rings. The molecule has 2 aromatic heterocycles. The Labute approximate surface area is 83.7 Å². The number of hydrogen-bond donors (Lipinski definition) is 1. The molecule has 2 heterocycles. The Balaban J connectivity index is 2.16. The van der Waals surface area contributed by atoms with Gasteiger partial charge in [-0.15, -0.1) is 0 Å². The van der Waals surface area contributed by atoms with E-state index in [-0.39, 0.29) is 6.42 Å². The summed E-state index contributed by atoms with van der Waals surface area (Å²) in [6.45, 7) is 0. The van der Waals surface area contributed by atoms with Gasteiger partial charge in [-0.1, -0.05) is 0 Å². The van der Waals surface area contributed by atoms with E-state index in [1.54, 1.807) is 12.1 Å². The molecule has 1 saturated carbocycles. The predicted octanol–water partition coefficient (Wildman–Crippen LogP) is 1.59. The highest BCUT2D eigenvalue weighted by atomic mass is 19.3. The van der Waals surface area contributed by atoms with Gasteiger partial charge in [-0.2, -0.15) is 5.10 Å². The number of pyridine rings is 1. The Hall–Kier alpha value is -1.72. The molecule has 6 heteroatoms. The van der Waals surface area contributed by atoms with Crippen molar-refractivity contribution >= 4 is 16.9 Å². The minimum absolute atomic E-state index is 0.166. The number of nitrogens with two attached hydrogens (primary N) is 1. The monoisotopic (exact) mass is 210 g/mol. The summed E-state index contributed by atoms with van der Waals surface area (Å²) in [5, 5.41) is 4.64. The number of anilines is 1. The molecule has 2 N–H and O–H groups in total. The number of fused-ring (bicyclic) bond motifs is 1. The molecule has 1 aliphatic carbocycles. The van der Waals surface area contributed by atoms with E-state index in [0.717, 1.165) is 5.39 Å². The highest BCUT2D eigenvalue weighted by molar-refractivity contribution is 5.76. The van der Waals surface area contributed by atoms with Gasteiger partial charge < -0.3 is 5.73 Å². The van der Waals surface area contributed by atoms with Crippen LogP contribution in [0, 0.1) is 0 Å². The molecule has 0 aromatic carbocycles. The number of nitrogens with zero attached hydrogens (tertiary/aromatic N) is 3. The van der Waals surface area contributed by atoms with Gasteiger partial charge in [-0.25, -0.2) is 18.4 Å². The number of hydrogen-bond acceptors (Lipinski definition) is 3. The van der Waals surface area contributed by atoms with Gasteiger partial charge in [0.15, 0.2) is 5.65 Å². The second-order valence-corrected chi connectivity index (χ2v) is 3.72. The van der Waals surface area contributed by atoms with Crippen LogP contribution in [0.5, 0.6) is 0 Å². The van der Waals surface area contributed by atoms with E-state index in [2.05, 4.69) is 10.1 Å². The van der Waals surface area contributed by atoms with Gasteiger partial charge in [0.25, 0.3) is 5.92 Å². The summed E-state index contributed by atoms with van der Waals surface area (Å²) in [5.74, 6) is -2.33. The first-order valence-corrected chi connectivity index (χ1v) is 4.55. The molecule has 0 aliphatic heterocycles. The summed E-state index contributed by atoms with van der Waals surface area (Å²) in [6.07, 6.45) is 1.36. The molecule has 0 bridgehead atoms. The third kappa shape index (κ3) is 1.17. The van der Waals surface area contributed by atoms with Crippen LogP contribution in [0.15, 0.2) is 18.3 Å². The molecule has 1 atom stereocenters. The summed E-state index contributed by atoms with van der Waals surface area (Å²) in [5.41, 5.74) is 5.93. The van der Waals surface area contributed by atoms with Crippen LogP contribution >= 0.6 is 0 Å². The molecule has 15 heavy (non-hydrogen) atoms. The lowest BCUT2D eigenvalue weighted by Crippen LogP contribution is -2.05. The lowest BCUT2D eigenvalue weighted by molar-refractivity contribution is 0.0991. The first-order valence-electron chi connectivity index (χ1n) is 4.55. The molecule has 3 rings (SSSR count). The third-order valence-electron chi connectivity index (χ3n) is 2.55. The SMILES string of the molecule is Nc1ccc2cnn([C@H]3CC3(F)F)c2n1. The van der Waals surface area contributed by atoms with Crippen molar-refractivity contribution in [1.82, 2.24) is 14.8 Å². The predicted molar refractivity (Wildman–Crippen MR) is 50.5 cm³/mol. The van der Waals surface area contributed by atoms with Gasteiger partial charge >= 0.3 is 0 Å².